The second kappa shape index (κ2) is 11.8. The number of amides is 3. The van der Waals surface area contributed by atoms with Gasteiger partial charge in [0.1, 0.15) is 17.0 Å². The van der Waals surface area contributed by atoms with E-state index < -0.39 is 51.2 Å². The fraction of sp³-hybridized carbons (Fsp3) is 0.500. The number of fused-ring (bicyclic) bond motifs is 1. The topological polar surface area (TPSA) is 167 Å². The molecular weight excluding hydrogens is 486 g/mol. The predicted molar refractivity (Wildman–Crippen MR) is 134 cm³/mol. The van der Waals surface area contributed by atoms with Gasteiger partial charge in [-0.25, -0.2) is 13.9 Å². The van der Waals surface area contributed by atoms with E-state index in [4.69, 9.17) is 0 Å². The minimum absolute atomic E-state index is 0.0881. The Morgan fingerprint density at radius 1 is 1.03 bits per heavy atom. The Morgan fingerprint density at radius 2 is 1.67 bits per heavy atom. The molecule has 0 saturated heterocycles. The second-order valence-electron chi connectivity index (χ2n) is 10.1. The van der Waals surface area contributed by atoms with Crippen LogP contribution in [0.15, 0.2) is 41.4 Å². The average Bonchev–Trinajstić information content (AvgIpc) is 2.82. The van der Waals surface area contributed by atoms with Gasteiger partial charge in [-0.15, -0.1) is 0 Å². The number of rotatable bonds is 10. The SMILES string of the molecule is CNC(=O)[C@@H](NC(=O)[C@H](CC(C)C)[C@H](NS(=O)(=O)c1cccc2cccnc12)C(=O)NO)C(C)(C)C. The molecule has 1 heterocycles. The van der Waals surface area contributed by atoms with E-state index in [-0.39, 0.29) is 22.8 Å². The molecule has 1 aromatic heterocycles. The summed E-state index contributed by atoms with van der Waals surface area (Å²) in [7, 11) is -2.94. The fourth-order valence-electron chi connectivity index (χ4n) is 3.88. The molecule has 2 aromatic rings. The maximum Gasteiger partial charge on any atom is 0.262 e. The van der Waals surface area contributed by atoms with Crippen LogP contribution in [0.2, 0.25) is 0 Å². The third kappa shape index (κ3) is 6.99. The first kappa shape index (κ1) is 29.1. The number of sulfonamides is 1. The molecule has 0 aliphatic rings. The van der Waals surface area contributed by atoms with Crippen molar-refractivity contribution in [1.29, 1.82) is 0 Å². The molecule has 11 nitrogen and oxygen atoms in total. The first-order valence-corrected chi connectivity index (χ1v) is 13.0. The Bertz CT molecular complexity index is 1200. The lowest BCUT2D eigenvalue weighted by Crippen LogP contribution is -2.59. The Morgan fingerprint density at radius 3 is 2.22 bits per heavy atom. The van der Waals surface area contributed by atoms with Crippen molar-refractivity contribution in [2.75, 3.05) is 7.05 Å². The zero-order chi connectivity index (χ0) is 27.3. The summed E-state index contributed by atoms with van der Waals surface area (Å²) in [4.78, 5) is 42.6. The Labute approximate surface area is 211 Å². The highest BCUT2D eigenvalue weighted by Gasteiger charge is 2.41. The van der Waals surface area contributed by atoms with Crippen LogP contribution in [0.25, 0.3) is 10.9 Å². The predicted octanol–water partition coefficient (Wildman–Crippen LogP) is 1.33. The maximum absolute atomic E-state index is 13.5. The third-order valence-electron chi connectivity index (χ3n) is 5.69. The Balaban J connectivity index is 2.52. The van der Waals surface area contributed by atoms with Crippen LogP contribution in [0.1, 0.15) is 41.0 Å². The van der Waals surface area contributed by atoms with Crippen LogP contribution in [0.3, 0.4) is 0 Å². The molecule has 0 aliphatic heterocycles. The van der Waals surface area contributed by atoms with Crippen LogP contribution in [0, 0.1) is 17.3 Å². The Hall–Kier alpha value is -3.09. The number of carbonyl (C=O) groups is 3. The van der Waals surface area contributed by atoms with E-state index in [0.29, 0.717) is 5.39 Å². The summed E-state index contributed by atoms with van der Waals surface area (Å²) in [6, 6.07) is 5.29. The van der Waals surface area contributed by atoms with Crippen LogP contribution in [0.4, 0.5) is 0 Å². The smallest absolute Gasteiger partial charge is 0.262 e. The highest BCUT2D eigenvalue weighted by molar-refractivity contribution is 7.89. The minimum atomic E-state index is -4.38. The number of nitrogens with zero attached hydrogens (tertiary/aromatic N) is 1. The van der Waals surface area contributed by atoms with E-state index in [1.807, 2.05) is 0 Å². The van der Waals surface area contributed by atoms with Gasteiger partial charge in [-0.05, 0) is 29.9 Å². The number of nitrogens with one attached hydrogen (secondary N) is 4. The number of pyridine rings is 1. The van der Waals surface area contributed by atoms with E-state index in [9.17, 15) is 28.0 Å². The van der Waals surface area contributed by atoms with Crippen molar-refractivity contribution in [1.82, 2.24) is 25.8 Å². The molecule has 5 N–H and O–H groups in total. The number of carbonyl (C=O) groups excluding carboxylic acids is 3. The van der Waals surface area contributed by atoms with Crippen LogP contribution in [0.5, 0.6) is 0 Å². The highest BCUT2D eigenvalue weighted by atomic mass is 32.2. The summed E-state index contributed by atoms with van der Waals surface area (Å²) >= 11 is 0. The summed E-state index contributed by atoms with van der Waals surface area (Å²) < 4.78 is 29.1. The van der Waals surface area contributed by atoms with Crippen molar-refractivity contribution in [3.8, 4) is 0 Å². The third-order valence-corrected chi connectivity index (χ3v) is 7.16. The molecule has 36 heavy (non-hydrogen) atoms. The molecule has 0 unspecified atom stereocenters. The van der Waals surface area contributed by atoms with E-state index >= 15 is 0 Å². The molecule has 12 heteroatoms. The van der Waals surface area contributed by atoms with Gasteiger partial charge in [-0.3, -0.25) is 24.6 Å². The zero-order valence-electron chi connectivity index (χ0n) is 21.3. The van der Waals surface area contributed by atoms with Crippen molar-refractivity contribution < 1.29 is 28.0 Å². The molecular formula is C24H35N5O6S. The fourth-order valence-corrected chi connectivity index (χ4v) is 5.30. The van der Waals surface area contributed by atoms with E-state index in [1.54, 1.807) is 52.8 Å². The van der Waals surface area contributed by atoms with Crippen LogP contribution in [-0.4, -0.2) is 55.5 Å². The van der Waals surface area contributed by atoms with Gasteiger partial charge in [-0.1, -0.05) is 52.8 Å². The van der Waals surface area contributed by atoms with Gasteiger partial charge >= 0.3 is 0 Å². The lowest BCUT2D eigenvalue weighted by molar-refractivity contribution is -0.139. The van der Waals surface area contributed by atoms with E-state index in [2.05, 4.69) is 20.3 Å². The van der Waals surface area contributed by atoms with Gasteiger partial charge in [0.15, 0.2) is 0 Å². The average molecular weight is 522 g/mol. The van der Waals surface area contributed by atoms with Gasteiger partial charge < -0.3 is 10.6 Å². The molecule has 1 aromatic carbocycles. The van der Waals surface area contributed by atoms with Crippen LogP contribution < -0.4 is 20.8 Å². The highest BCUT2D eigenvalue weighted by Crippen LogP contribution is 2.25. The van der Waals surface area contributed by atoms with Crippen LogP contribution >= 0.6 is 0 Å². The second-order valence-corrected chi connectivity index (χ2v) is 11.7. The van der Waals surface area contributed by atoms with Crippen molar-refractivity contribution in [3.63, 3.8) is 0 Å². The first-order chi connectivity index (χ1) is 16.7. The van der Waals surface area contributed by atoms with Crippen molar-refractivity contribution in [3.05, 3.63) is 36.5 Å². The van der Waals surface area contributed by atoms with Crippen molar-refractivity contribution >= 4 is 38.6 Å². The standard InChI is InChI=1S/C24H35N5O6S/c1-14(2)13-16(21(30)27-20(23(32)25-6)24(3,4)5)19(22(31)28-33)29-36(34,35)17-11-7-9-15-10-8-12-26-18(15)17/h7-12,14,16,19-20,29,33H,13H2,1-6H3,(H,25,32)(H,27,30)(H,28,31)/t16-,19+,20-/m1/s1. The van der Waals surface area contributed by atoms with Gasteiger partial charge in [0.05, 0.1) is 11.4 Å². The molecule has 3 atom stereocenters. The molecule has 0 aliphatic carbocycles. The van der Waals surface area contributed by atoms with Gasteiger partial charge in [0.25, 0.3) is 5.91 Å². The minimum Gasteiger partial charge on any atom is -0.357 e. The van der Waals surface area contributed by atoms with Gasteiger partial charge in [0, 0.05) is 18.6 Å². The number of para-hydroxylation sites is 1. The lowest BCUT2D eigenvalue weighted by Gasteiger charge is -2.33. The largest absolute Gasteiger partial charge is 0.357 e. The number of hydrogen-bond donors (Lipinski definition) is 5. The van der Waals surface area contributed by atoms with Crippen molar-refractivity contribution in [2.45, 2.75) is 58.0 Å². The molecule has 0 fully saturated rings. The summed E-state index contributed by atoms with van der Waals surface area (Å²) in [5.74, 6) is -3.64. The number of likely N-dealkylation sites (N-methyl/N-ethyl adjacent to an activating group) is 1. The summed E-state index contributed by atoms with van der Waals surface area (Å²) in [5.41, 5.74) is 0.970. The summed E-state index contributed by atoms with van der Waals surface area (Å²) in [5, 5.41) is 15.1. The van der Waals surface area contributed by atoms with Crippen LogP contribution in [-0.2, 0) is 24.4 Å². The molecule has 198 valence electrons. The van der Waals surface area contributed by atoms with Gasteiger partial charge in [-0.2, -0.15) is 4.72 Å². The van der Waals surface area contributed by atoms with E-state index in [0.717, 1.165) is 0 Å². The van der Waals surface area contributed by atoms with E-state index in [1.165, 1.54) is 30.9 Å². The molecule has 0 spiro atoms. The molecule has 0 bridgehead atoms. The van der Waals surface area contributed by atoms with Gasteiger partial charge in [0.2, 0.25) is 21.8 Å². The molecule has 3 amide bonds. The molecule has 0 saturated carbocycles. The number of aromatic nitrogens is 1. The normalized spacial score (nSPS) is 14.7. The maximum atomic E-state index is 13.5. The quantitative estimate of drug-likeness (QED) is 0.232. The molecule has 2 rings (SSSR count). The monoisotopic (exact) mass is 521 g/mol. The Kier molecular flexibility index (Phi) is 9.52. The summed E-state index contributed by atoms with van der Waals surface area (Å²) in [6.45, 7) is 8.89. The first-order valence-electron chi connectivity index (χ1n) is 11.5. The molecule has 0 radical (unpaired) electrons. The zero-order valence-corrected chi connectivity index (χ0v) is 22.1. The summed E-state index contributed by atoms with van der Waals surface area (Å²) in [6.07, 6.45) is 1.53. The lowest BCUT2D eigenvalue weighted by atomic mass is 9.84. The number of benzene rings is 1. The number of hydrogen-bond acceptors (Lipinski definition) is 7. The number of hydroxylamine groups is 1. The van der Waals surface area contributed by atoms with Crippen molar-refractivity contribution in [2.24, 2.45) is 17.3 Å².